The number of hydrogen-bond donors (Lipinski definition) is 1. The number of hydrogen-bond acceptors (Lipinski definition) is 3. The van der Waals surface area contributed by atoms with E-state index < -0.39 is 5.97 Å². The van der Waals surface area contributed by atoms with Crippen LogP contribution in [-0.4, -0.2) is 25.2 Å². The van der Waals surface area contributed by atoms with Gasteiger partial charge in [-0.3, -0.25) is 0 Å². The SMILES string of the molecule is COCc1ccccc1N(C)c1ccc(C(=O)O)cc1. The van der Waals surface area contributed by atoms with Crippen molar-refractivity contribution in [1.29, 1.82) is 0 Å². The molecule has 0 fully saturated rings. The van der Waals surface area contributed by atoms with Crippen LogP contribution in [0.5, 0.6) is 0 Å². The highest BCUT2D eigenvalue weighted by molar-refractivity contribution is 5.88. The van der Waals surface area contributed by atoms with Crippen molar-refractivity contribution in [1.82, 2.24) is 0 Å². The molecule has 0 saturated carbocycles. The molecule has 0 atom stereocenters. The van der Waals surface area contributed by atoms with Crippen molar-refractivity contribution in [2.24, 2.45) is 0 Å². The van der Waals surface area contributed by atoms with Crippen LogP contribution in [0.15, 0.2) is 48.5 Å². The Hall–Kier alpha value is -2.33. The molecule has 2 aromatic carbocycles. The lowest BCUT2D eigenvalue weighted by Crippen LogP contribution is -2.12. The number of carboxylic acid groups (broad SMARTS) is 1. The Kier molecular flexibility index (Phi) is 4.38. The predicted octanol–water partition coefficient (Wildman–Crippen LogP) is 3.30. The van der Waals surface area contributed by atoms with Crippen LogP contribution in [-0.2, 0) is 11.3 Å². The Balaban J connectivity index is 2.31. The molecule has 0 aliphatic carbocycles. The summed E-state index contributed by atoms with van der Waals surface area (Å²) in [4.78, 5) is 12.9. The number of aromatic carboxylic acids is 1. The molecule has 0 aromatic heterocycles. The molecule has 0 amide bonds. The number of anilines is 2. The summed E-state index contributed by atoms with van der Waals surface area (Å²) < 4.78 is 5.20. The highest BCUT2D eigenvalue weighted by Gasteiger charge is 2.09. The number of benzene rings is 2. The molecule has 0 heterocycles. The van der Waals surface area contributed by atoms with Gasteiger partial charge in [-0.2, -0.15) is 0 Å². The van der Waals surface area contributed by atoms with Crippen LogP contribution >= 0.6 is 0 Å². The highest BCUT2D eigenvalue weighted by atomic mass is 16.5. The molecule has 4 nitrogen and oxygen atoms in total. The Morgan fingerprint density at radius 2 is 1.80 bits per heavy atom. The maximum atomic E-state index is 10.9. The van der Waals surface area contributed by atoms with Crippen LogP contribution in [0.4, 0.5) is 11.4 Å². The third-order valence-electron chi connectivity index (χ3n) is 3.15. The van der Waals surface area contributed by atoms with Crippen molar-refractivity contribution in [2.75, 3.05) is 19.1 Å². The first-order valence-corrected chi connectivity index (χ1v) is 6.27. The van der Waals surface area contributed by atoms with E-state index in [1.54, 1.807) is 31.4 Å². The molecule has 0 aliphatic heterocycles. The molecular formula is C16H17NO3. The maximum absolute atomic E-state index is 10.9. The van der Waals surface area contributed by atoms with Gasteiger partial charge in [-0.25, -0.2) is 4.79 Å². The molecule has 0 bridgehead atoms. The second-order valence-electron chi connectivity index (χ2n) is 4.47. The molecule has 104 valence electrons. The van der Waals surface area contributed by atoms with Crippen molar-refractivity contribution < 1.29 is 14.6 Å². The summed E-state index contributed by atoms with van der Waals surface area (Å²) in [7, 11) is 3.61. The molecule has 0 spiro atoms. The molecule has 2 aromatic rings. The average Bonchev–Trinajstić information content (AvgIpc) is 2.47. The monoisotopic (exact) mass is 271 g/mol. The highest BCUT2D eigenvalue weighted by Crippen LogP contribution is 2.27. The van der Waals surface area contributed by atoms with E-state index in [1.165, 1.54) is 0 Å². The van der Waals surface area contributed by atoms with Crippen LogP contribution in [0, 0.1) is 0 Å². The summed E-state index contributed by atoms with van der Waals surface area (Å²) in [6.07, 6.45) is 0. The van der Waals surface area contributed by atoms with Gasteiger partial charge in [0.25, 0.3) is 0 Å². The van der Waals surface area contributed by atoms with E-state index in [0.717, 1.165) is 16.9 Å². The lowest BCUT2D eigenvalue weighted by Gasteiger charge is -2.22. The Bertz CT molecular complexity index is 593. The quantitative estimate of drug-likeness (QED) is 0.906. The van der Waals surface area contributed by atoms with Gasteiger partial charge in [0, 0.05) is 31.1 Å². The molecule has 20 heavy (non-hydrogen) atoms. The summed E-state index contributed by atoms with van der Waals surface area (Å²) in [6.45, 7) is 0.535. The van der Waals surface area contributed by atoms with E-state index in [1.807, 2.05) is 36.2 Å². The number of ether oxygens (including phenoxy) is 1. The Labute approximate surface area is 118 Å². The lowest BCUT2D eigenvalue weighted by atomic mass is 10.1. The number of methoxy groups -OCH3 is 1. The molecule has 2 rings (SSSR count). The second-order valence-corrected chi connectivity index (χ2v) is 4.47. The van der Waals surface area contributed by atoms with Crippen molar-refractivity contribution in [3.63, 3.8) is 0 Å². The van der Waals surface area contributed by atoms with Gasteiger partial charge >= 0.3 is 5.97 Å². The van der Waals surface area contributed by atoms with E-state index >= 15 is 0 Å². The van der Waals surface area contributed by atoms with Crippen molar-refractivity contribution in [3.8, 4) is 0 Å². The fourth-order valence-corrected chi connectivity index (χ4v) is 2.08. The summed E-state index contributed by atoms with van der Waals surface area (Å²) in [6, 6.07) is 14.8. The molecule has 4 heteroatoms. The third-order valence-corrected chi connectivity index (χ3v) is 3.15. The van der Waals surface area contributed by atoms with Crippen LogP contribution in [0.1, 0.15) is 15.9 Å². The average molecular weight is 271 g/mol. The van der Waals surface area contributed by atoms with E-state index in [0.29, 0.717) is 6.61 Å². The van der Waals surface area contributed by atoms with E-state index in [4.69, 9.17) is 9.84 Å². The van der Waals surface area contributed by atoms with Crippen molar-refractivity contribution in [2.45, 2.75) is 6.61 Å². The minimum Gasteiger partial charge on any atom is -0.478 e. The van der Waals surface area contributed by atoms with Crippen molar-refractivity contribution >= 4 is 17.3 Å². The van der Waals surface area contributed by atoms with Gasteiger partial charge in [0.1, 0.15) is 0 Å². The Morgan fingerprint density at radius 1 is 1.15 bits per heavy atom. The fraction of sp³-hybridized carbons (Fsp3) is 0.188. The molecule has 0 aliphatic rings. The minimum absolute atomic E-state index is 0.285. The number of carbonyl (C=O) groups is 1. The van der Waals surface area contributed by atoms with Crippen LogP contribution < -0.4 is 4.90 Å². The van der Waals surface area contributed by atoms with Crippen molar-refractivity contribution in [3.05, 3.63) is 59.7 Å². The normalized spacial score (nSPS) is 10.3. The summed E-state index contributed by atoms with van der Waals surface area (Å²) >= 11 is 0. The number of nitrogens with zero attached hydrogens (tertiary/aromatic N) is 1. The number of carboxylic acids is 1. The van der Waals surface area contributed by atoms with Gasteiger partial charge in [0.15, 0.2) is 0 Å². The van der Waals surface area contributed by atoms with E-state index in [2.05, 4.69) is 0 Å². The fourth-order valence-electron chi connectivity index (χ4n) is 2.08. The number of rotatable bonds is 5. The molecule has 0 unspecified atom stereocenters. The standard InChI is InChI=1S/C16H17NO3/c1-17(14-9-7-12(8-10-14)16(18)19)15-6-4-3-5-13(15)11-20-2/h3-10H,11H2,1-2H3,(H,18,19). The van der Waals surface area contributed by atoms with E-state index in [9.17, 15) is 4.79 Å². The lowest BCUT2D eigenvalue weighted by molar-refractivity contribution is 0.0697. The first kappa shape index (κ1) is 14.1. The number of para-hydroxylation sites is 1. The van der Waals surface area contributed by atoms with Gasteiger partial charge in [0.05, 0.1) is 12.2 Å². The van der Waals surface area contributed by atoms with Gasteiger partial charge in [-0.15, -0.1) is 0 Å². The molecular weight excluding hydrogens is 254 g/mol. The zero-order chi connectivity index (χ0) is 14.5. The molecule has 0 saturated heterocycles. The van der Waals surface area contributed by atoms with Crippen LogP contribution in [0.3, 0.4) is 0 Å². The summed E-state index contributed by atoms with van der Waals surface area (Å²) in [5, 5.41) is 8.92. The maximum Gasteiger partial charge on any atom is 0.335 e. The third kappa shape index (κ3) is 2.97. The van der Waals surface area contributed by atoms with Gasteiger partial charge < -0.3 is 14.7 Å². The predicted molar refractivity (Wildman–Crippen MR) is 78.6 cm³/mol. The van der Waals surface area contributed by atoms with Crippen LogP contribution in [0.25, 0.3) is 0 Å². The largest absolute Gasteiger partial charge is 0.478 e. The van der Waals surface area contributed by atoms with E-state index in [-0.39, 0.29) is 5.56 Å². The second kappa shape index (κ2) is 6.21. The zero-order valence-electron chi connectivity index (χ0n) is 11.5. The molecule has 1 N–H and O–H groups in total. The minimum atomic E-state index is -0.918. The van der Waals surface area contributed by atoms with Gasteiger partial charge in [-0.1, -0.05) is 18.2 Å². The smallest absolute Gasteiger partial charge is 0.335 e. The first-order valence-electron chi connectivity index (χ1n) is 6.27. The zero-order valence-corrected chi connectivity index (χ0v) is 11.5. The Morgan fingerprint density at radius 3 is 2.40 bits per heavy atom. The summed E-state index contributed by atoms with van der Waals surface area (Å²) in [5.74, 6) is -0.918. The van der Waals surface area contributed by atoms with Gasteiger partial charge in [-0.05, 0) is 30.3 Å². The topological polar surface area (TPSA) is 49.8 Å². The van der Waals surface area contributed by atoms with Gasteiger partial charge in [0.2, 0.25) is 0 Å². The summed E-state index contributed by atoms with van der Waals surface area (Å²) in [5.41, 5.74) is 3.34. The first-order chi connectivity index (χ1) is 9.63. The molecule has 0 radical (unpaired) electrons. The van der Waals surface area contributed by atoms with Crippen LogP contribution in [0.2, 0.25) is 0 Å².